The maximum atomic E-state index is 14.0. The molecule has 7 nitrogen and oxygen atoms in total. The minimum Gasteiger partial charge on any atom is -0.497 e. The highest BCUT2D eigenvalue weighted by Crippen LogP contribution is 2.57. The van der Waals surface area contributed by atoms with E-state index in [4.69, 9.17) is 9.47 Å². The first-order chi connectivity index (χ1) is 16.4. The van der Waals surface area contributed by atoms with Gasteiger partial charge in [0, 0.05) is 23.2 Å². The second kappa shape index (κ2) is 8.34. The second-order valence-corrected chi connectivity index (χ2v) is 11.0. The molecule has 1 aliphatic carbocycles. The van der Waals surface area contributed by atoms with Crippen LogP contribution in [-0.4, -0.2) is 44.1 Å². The Bertz CT molecular complexity index is 1350. The number of carbonyl (C=O) groups excluding carboxylic acids is 1. The van der Waals surface area contributed by atoms with Crippen LogP contribution in [0.4, 0.5) is 4.79 Å². The van der Waals surface area contributed by atoms with Crippen LogP contribution in [0.25, 0.3) is 10.9 Å². The molecule has 2 heterocycles. The number of hydrogen-bond acceptors (Lipinski definition) is 5. The van der Waals surface area contributed by atoms with Crippen LogP contribution in [0.2, 0.25) is 0 Å². The van der Waals surface area contributed by atoms with Gasteiger partial charge in [0.25, 0.3) is 10.0 Å². The van der Waals surface area contributed by atoms with Crippen molar-refractivity contribution in [1.82, 2.24) is 8.87 Å². The first-order valence-electron chi connectivity index (χ1n) is 11.7. The van der Waals surface area contributed by atoms with Gasteiger partial charge in [0.2, 0.25) is 0 Å². The van der Waals surface area contributed by atoms with E-state index in [0.717, 1.165) is 42.3 Å². The Balaban J connectivity index is 1.78. The highest BCUT2D eigenvalue weighted by molar-refractivity contribution is 7.90. The standard InChI is InChI=1S/C26H30N2O5S/c1-4-26-15-7-17-27(25(29)33-3)24(26)23-20-8-5-6-9-21(20)28(22(23)14-16-26)34(30,31)19-12-10-18(32-2)11-13-19/h5-6,8-13,24H,4,7,14-17H2,1-3H3/t24-,26+/m0/s1. The van der Waals surface area contributed by atoms with E-state index < -0.39 is 10.0 Å². The fourth-order valence-electron chi connectivity index (χ4n) is 6.11. The molecule has 0 unspecified atom stereocenters. The Morgan fingerprint density at radius 2 is 1.82 bits per heavy atom. The van der Waals surface area contributed by atoms with Crippen LogP contribution < -0.4 is 4.74 Å². The number of carbonyl (C=O) groups is 1. The van der Waals surface area contributed by atoms with Crippen LogP contribution in [0.1, 0.15) is 49.9 Å². The maximum Gasteiger partial charge on any atom is 0.410 e. The smallest absolute Gasteiger partial charge is 0.410 e. The summed E-state index contributed by atoms with van der Waals surface area (Å²) in [4.78, 5) is 14.9. The highest BCUT2D eigenvalue weighted by Gasteiger charge is 2.51. The number of likely N-dealkylation sites (tertiary alicyclic amines) is 1. The van der Waals surface area contributed by atoms with E-state index in [1.807, 2.05) is 29.2 Å². The van der Waals surface area contributed by atoms with E-state index in [1.165, 1.54) is 11.1 Å². The van der Waals surface area contributed by atoms with Crippen molar-refractivity contribution in [2.45, 2.75) is 50.0 Å². The normalized spacial score (nSPS) is 22.2. The van der Waals surface area contributed by atoms with Crippen LogP contribution in [0.5, 0.6) is 5.75 Å². The molecule has 2 atom stereocenters. The van der Waals surface area contributed by atoms with E-state index in [-0.39, 0.29) is 22.4 Å². The first-order valence-corrected chi connectivity index (χ1v) is 13.2. The zero-order valence-corrected chi connectivity index (χ0v) is 20.6. The van der Waals surface area contributed by atoms with Gasteiger partial charge in [-0.2, -0.15) is 0 Å². The first kappa shape index (κ1) is 22.8. The number of fused-ring (bicyclic) bond motifs is 5. The highest BCUT2D eigenvalue weighted by atomic mass is 32.2. The molecule has 8 heteroatoms. The number of ether oxygens (including phenoxy) is 2. The molecule has 0 bridgehead atoms. The molecule has 0 spiro atoms. The Kier molecular flexibility index (Phi) is 5.59. The summed E-state index contributed by atoms with van der Waals surface area (Å²) in [6.07, 6.45) is 3.94. The molecule has 0 N–H and O–H groups in total. The number of hydrogen-bond donors (Lipinski definition) is 0. The third-order valence-corrected chi connectivity index (χ3v) is 9.54. The van der Waals surface area contributed by atoms with Crippen molar-refractivity contribution in [3.63, 3.8) is 0 Å². The molecule has 2 aromatic carbocycles. The number of benzene rings is 2. The number of amides is 1. The van der Waals surface area contributed by atoms with Crippen molar-refractivity contribution in [2.24, 2.45) is 5.41 Å². The molecular formula is C26H30N2O5S. The van der Waals surface area contributed by atoms with Gasteiger partial charge in [-0.25, -0.2) is 17.2 Å². The molecule has 34 heavy (non-hydrogen) atoms. The van der Waals surface area contributed by atoms with Crippen molar-refractivity contribution in [1.29, 1.82) is 0 Å². The summed E-state index contributed by atoms with van der Waals surface area (Å²) in [5.74, 6) is 0.599. The Labute approximate surface area is 200 Å². The molecule has 3 aromatic rings. The quantitative estimate of drug-likeness (QED) is 0.515. The van der Waals surface area contributed by atoms with Gasteiger partial charge in [0.05, 0.1) is 30.7 Å². The molecule has 0 saturated carbocycles. The fourth-order valence-corrected chi connectivity index (χ4v) is 7.70. The van der Waals surface area contributed by atoms with Crippen molar-refractivity contribution in [3.8, 4) is 5.75 Å². The van der Waals surface area contributed by atoms with Gasteiger partial charge in [0.15, 0.2) is 0 Å². The predicted octanol–water partition coefficient (Wildman–Crippen LogP) is 5.13. The van der Waals surface area contributed by atoms with Gasteiger partial charge in [-0.05, 0) is 67.9 Å². The minimum atomic E-state index is -3.87. The molecule has 1 saturated heterocycles. The number of para-hydroxylation sites is 1. The van der Waals surface area contributed by atoms with E-state index >= 15 is 0 Å². The van der Waals surface area contributed by atoms with Crippen LogP contribution in [-0.2, 0) is 21.2 Å². The summed E-state index contributed by atoms with van der Waals surface area (Å²) < 4.78 is 39.8. The van der Waals surface area contributed by atoms with E-state index in [1.54, 1.807) is 31.4 Å². The third kappa shape index (κ3) is 3.22. The summed E-state index contributed by atoms with van der Waals surface area (Å²) in [7, 11) is -0.909. The van der Waals surface area contributed by atoms with Gasteiger partial charge in [0.1, 0.15) is 5.75 Å². The maximum absolute atomic E-state index is 14.0. The topological polar surface area (TPSA) is 77.8 Å². The summed E-state index contributed by atoms with van der Waals surface area (Å²) in [6.45, 7) is 2.77. The van der Waals surface area contributed by atoms with Crippen molar-refractivity contribution in [2.75, 3.05) is 20.8 Å². The van der Waals surface area contributed by atoms with Gasteiger partial charge in [-0.1, -0.05) is 25.1 Å². The van der Waals surface area contributed by atoms with Crippen molar-refractivity contribution < 1.29 is 22.7 Å². The number of nitrogens with zero attached hydrogens (tertiary/aromatic N) is 2. The molecule has 2 aliphatic rings. The molecule has 1 aromatic heterocycles. The number of piperidine rings is 1. The molecule has 0 radical (unpaired) electrons. The lowest BCUT2D eigenvalue weighted by atomic mass is 9.62. The number of aromatic nitrogens is 1. The van der Waals surface area contributed by atoms with E-state index in [9.17, 15) is 13.2 Å². The summed E-state index contributed by atoms with van der Waals surface area (Å²) >= 11 is 0. The molecule has 1 fully saturated rings. The average molecular weight is 483 g/mol. The Morgan fingerprint density at radius 1 is 1.09 bits per heavy atom. The van der Waals surface area contributed by atoms with Gasteiger partial charge in [-0.3, -0.25) is 0 Å². The third-order valence-electron chi connectivity index (χ3n) is 7.78. The monoisotopic (exact) mass is 482 g/mol. The van der Waals surface area contributed by atoms with Crippen LogP contribution in [0.15, 0.2) is 53.4 Å². The largest absolute Gasteiger partial charge is 0.497 e. The average Bonchev–Trinajstić information content (AvgIpc) is 3.23. The zero-order chi connectivity index (χ0) is 24.1. The lowest BCUT2D eigenvalue weighted by molar-refractivity contribution is -0.00279. The number of methoxy groups -OCH3 is 2. The lowest BCUT2D eigenvalue weighted by Crippen LogP contribution is -2.50. The van der Waals surface area contributed by atoms with Crippen molar-refractivity contribution >= 4 is 27.0 Å². The number of rotatable bonds is 4. The van der Waals surface area contributed by atoms with E-state index in [0.29, 0.717) is 24.2 Å². The fraction of sp³-hybridized carbons (Fsp3) is 0.423. The molecular weight excluding hydrogens is 452 g/mol. The van der Waals surface area contributed by atoms with Gasteiger partial charge in [-0.15, -0.1) is 0 Å². The lowest BCUT2D eigenvalue weighted by Gasteiger charge is -2.52. The predicted molar refractivity (Wildman–Crippen MR) is 130 cm³/mol. The van der Waals surface area contributed by atoms with Crippen LogP contribution in [0, 0.1) is 5.41 Å². The Hall–Kier alpha value is -3.00. The van der Waals surface area contributed by atoms with Crippen LogP contribution in [0.3, 0.4) is 0 Å². The summed E-state index contributed by atoms with van der Waals surface area (Å²) in [6, 6.07) is 13.9. The summed E-state index contributed by atoms with van der Waals surface area (Å²) in [5.41, 5.74) is 2.26. The van der Waals surface area contributed by atoms with Gasteiger partial charge >= 0.3 is 6.09 Å². The zero-order valence-electron chi connectivity index (χ0n) is 19.8. The molecule has 1 aliphatic heterocycles. The summed E-state index contributed by atoms with van der Waals surface area (Å²) in [5, 5.41) is 0.882. The molecule has 1 amide bonds. The second-order valence-electron chi connectivity index (χ2n) is 9.21. The van der Waals surface area contributed by atoms with Crippen LogP contribution >= 0.6 is 0 Å². The Morgan fingerprint density at radius 3 is 2.50 bits per heavy atom. The molecule has 5 rings (SSSR count). The molecule has 180 valence electrons. The van der Waals surface area contributed by atoms with Crippen molar-refractivity contribution in [3.05, 3.63) is 59.8 Å². The van der Waals surface area contributed by atoms with E-state index in [2.05, 4.69) is 6.92 Å². The minimum absolute atomic E-state index is 0.0989. The van der Waals surface area contributed by atoms with Gasteiger partial charge < -0.3 is 14.4 Å². The SMILES string of the molecule is CC[C@]12CCCN(C(=O)OC)[C@H]1c1c(n(S(=O)(=O)c3ccc(OC)cc3)c3ccccc13)CC2.